The van der Waals surface area contributed by atoms with E-state index in [-0.39, 0.29) is 5.75 Å². The second kappa shape index (κ2) is 6.07. The van der Waals surface area contributed by atoms with Crippen LogP contribution in [-0.4, -0.2) is 5.11 Å². The van der Waals surface area contributed by atoms with Gasteiger partial charge in [0.15, 0.2) is 0 Å². The van der Waals surface area contributed by atoms with Crippen molar-refractivity contribution in [2.45, 2.75) is 20.8 Å². The summed E-state index contributed by atoms with van der Waals surface area (Å²) in [4.78, 5) is 0. The van der Waals surface area contributed by atoms with Gasteiger partial charge in [-0.2, -0.15) is 0 Å². The third-order valence-electron chi connectivity index (χ3n) is 3.71. The molecular formula is C21H22O. The molecule has 0 bridgehead atoms. The minimum absolute atomic E-state index is 0.258. The molecule has 22 heavy (non-hydrogen) atoms. The Morgan fingerprint density at radius 2 is 1.23 bits per heavy atom. The molecule has 0 aliphatic heterocycles. The molecule has 2 aromatic rings. The largest absolute Gasteiger partial charge is 0.508 e. The van der Waals surface area contributed by atoms with Gasteiger partial charge < -0.3 is 5.11 Å². The van der Waals surface area contributed by atoms with Crippen LogP contribution in [0.4, 0.5) is 0 Å². The third kappa shape index (κ3) is 2.89. The molecule has 0 saturated carbocycles. The van der Waals surface area contributed by atoms with Crippen LogP contribution < -0.4 is 0 Å². The Labute approximate surface area is 132 Å². The van der Waals surface area contributed by atoms with E-state index in [1.165, 1.54) is 0 Å². The first-order chi connectivity index (χ1) is 10.3. The van der Waals surface area contributed by atoms with Crippen LogP contribution in [0.2, 0.25) is 0 Å². The SMILES string of the molecule is C=C(C)c1ccc(C(=C)C)c(-c2ccc(O)cc2)c1C(=C)C. The molecular weight excluding hydrogens is 268 g/mol. The highest BCUT2D eigenvalue weighted by atomic mass is 16.3. The number of hydrogen-bond acceptors (Lipinski definition) is 1. The van der Waals surface area contributed by atoms with E-state index in [0.717, 1.165) is 44.5 Å². The number of allylic oxidation sites excluding steroid dienone is 3. The van der Waals surface area contributed by atoms with Crippen molar-refractivity contribution in [1.82, 2.24) is 0 Å². The summed E-state index contributed by atoms with van der Waals surface area (Å²) in [5.41, 5.74) is 8.42. The van der Waals surface area contributed by atoms with Crippen molar-refractivity contribution < 1.29 is 5.11 Å². The average molecular weight is 290 g/mol. The van der Waals surface area contributed by atoms with Gasteiger partial charge in [0.25, 0.3) is 0 Å². The second-order valence-corrected chi connectivity index (χ2v) is 5.80. The van der Waals surface area contributed by atoms with Crippen LogP contribution in [-0.2, 0) is 0 Å². The van der Waals surface area contributed by atoms with E-state index in [9.17, 15) is 5.11 Å². The summed E-state index contributed by atoms with van der Waals surface area (Å²) in [6, 6.07) is 11.4. The molecule has 2 aromatic carbocycles. The van der Waals surface area contributed by atoms with Crippen LogP contribution in [0.5, 0.6) is 5.75 Å². The van der Waals surface area contributed by atoms with Crippen molar-refractivity contribution in [3.05, 3.63) is 72.8 Å². The second-order valence-electron chi connectivity index (χ2n) is 5.80. The summed E-state index contributed by atoms with van der Waals surface area (Å²) in [6.45, 7) is 18.4. The Morgan fingerprint density at radius 3 is 1.68 bits per heavy atom. The van der Waals surface area contributed by atoms with Crippen molar-refractivity contribution in [2.24, 2.45) is 0 Å². The predicted molar refractivity (Wildman–Crippen MR) is 97.7 cm³/mol. The molecule has 2 rings (SSSR count). The van der Waals surface area contributed by atoms with Crippen molar-refractivity contribution in [3.8, 4) is 16.9 Å². The molecule has 0 amide bonds. The lowest BCUT2D eigenvalue weighted by atomic mass is 9.84. The third-order valence-corrected chi connectivity index (χ3v) is 3.71. The Hall–Kier alpha value is -2.54. The minimum atomic E-state index is 0.258. The fourth-order valence-corrected chi connectivity index (χ4v) is 2.69. The molecule has 0 radical (unpaired) electrons. The Morgan fingerprint density at radius 1 is 0.727 bits per heavy atom. The standard InChI is InChI=1S/C21H22O/c1-13(2)18-11-12-19(14(3)4)21(20(18)15(5)6)16-7-9-17(22)10-8-16/h7-12,22H,1,3,5H2,2,4,6H3. The van der Waals surface area contributed by atoms with E-state index >= 15 is 0 Å². The summed E-state index contributed by atoms with van der Waals surface area (Å²) in [6.07, 6.45) is 0. The van der Waals surface area contributed by atoms with Gasteiger partial charge in [0.05, 0.1) is 0 Å². The molecule has 1 N–H and O–H groups in total. The number of benzene rings is 2. The minimum Gasteiger partial charge on any atom is -0.508 e. The van der Waals surface area contributed by atoms with Crippen molar-refractivity contribution in [1.29, 1.82) is 0 Å². The van der Waals surface area contributed by atoms with Gasteiger partial charge in [-0.3, -0.25) is 0 Å². The van der Waals surface area contributed by atoms with Gasteiger partial charge in [-0.15, -0.1) is 0 Å². The fraction of sp³-hybridized carbons (Fsp3) is 0.143. The van der Waals surface area contributed by atoms with Gasteiger partial charge in [-0.05, 0) is 66.3 Å². The molecule has 1 nitrogen and oxygen atoms in total. The zero-order chi connectivity index (χ0) is 16.4. The first kappa shape index (κ1) is 15.8. The van der Waals surface area contributed by atoms with E-state index in [4.69, 9.17) is 0 Å². The van der Waals surface area contributed by atoms with Gasteiger partial charge >= 0.3 is 0 Å². The summed E-state index contributed by atoms with van der Waals surface area (Å²) in [7, 11) is 0. The maximum Gasteiger partial charge on any atom is 0.115 e. The number of phenols is 1. The molecule has 0 heterocycles. The van der Waals surface area contributed by atoms with Gasteiger partial charge in [0.2, 0.25) is 0 Å². The Balaban J connectivity index is 2.90. The lowest BCUT2D eigenvalue weighted by Crippen LogP contribution is -1.98. The highest BCUT2D eigenvalue weighted by molar-refractivity contribution is 5.93. The van der Waals surface area contributed by atoms with E-state index in [1.807, 2.05) is 32.9 Å². The monoisotopic (exact) mass is 290 g/mol. The fourth-order valence-electron chi connectivity index (χ4n) is 2.69. The van der Waals surface area contributed by atoms with Gasteiger partial charge in [-0.1, -0.05) is 55.1 Å². The van der Waals surface area contributed by atoms with Crippen LogP contribution in [0.25, 0.3) is 27.8 Å². The number of phenolic OH excluding ortho intramolecular Hbond substituents is 1. The topological polar surface area (TPSA) is 20.2 Å². The molecule has 0 fully saturated rings. The van der Waals surface area contributed by atoms with Crippen LogP contribution in [0.3, 0.4) is 0 Å². The number of aromatic hydroxyl groups is 1. The van der Waals surface area contributed by atoms with Crippen LogP contribution >= 0.6 is 0 Å². The van der Waals surface area contributed by atoms with Crippen molar-refractivity contribution in [3.63, 3.8) is 0 Å². The summed E-state index contributed by atoms with van der Waals surface area (Å²) < 4.78 is 0. The predicted octanol–water partition coefficient (Wildman–Crippen LogP) is 6.16. The highest BCUT2D eigenvalue weighted by Crippen LogP contribution is 2.39. The molecule has 0 aromatic heterocycles. The lowest BCUT2D eigenvalue weighted by Gasteiger charge is -2.20. The van der Waals surface area contributed by atoms with Gasteiger partial charge in [-0.25, -0.2) is 0 Å². The molecule has 0 aliphatic rings. The number of hydrogen-bond donors (Lipinski definition) is 1. The summed E-state index contributed by atoms with van der Waals surface area (Å²) in [5, 5.41) is 9.55. The first-order valence-electron chi connectivity index (χ1n) is 7.27. The van der Waals surface area contributed by atoms with E-state index in [0.29, 0.717) is 0 Å². The molecule has 0 atom stereocenters. The molecule has 0 saturated heterocycles. The zero-order valence-corrected chi connectivity index (χ0v) is 13.5. The van der Waals surface area contributed by atoms with Crippen LogP contribution in [0.15, 0.2) is 56.1 Å². The molecule has 112 valence electrons. The van der Waals surface area contributed by atoms with Gasteiger partial charge in [0.1, 0.15) is 5.75 Å². The van der Waals surface area contributed by atoms with Crippen LogP contribution in [0.1, 0.15) is 37.5 Å². The maximum absolute atomic E-state index is 9.55. The smallest absolute Gasteiger partial charge is 0.115 e. The molecule has 0 aliphatic carbocycles. The lowest BCUT2D eigenvalue weighted by molar-refractivity contribution is 0.475. The van der Waals surface area contributed by atoms with Crippen molar-refractivity contribution in [2.75, 3.05) is 0 Å². The quantitative estimate of drug-likeness (QED) is 0.715. The summed E-state index contributed by atoms with van der Waals surface area (Å²) >= 11 is 0. The Kier molecular flexibility index (Phi) is 4.37. The first-order valence-corrected chi connectivity index (χ1v) is 7.27. The maximum atomic E-state index is 9.55. The highest BCUT2D eigenvalue weighted by Gasteiger charge is 2.16. The summed E-state index contributed by atoms with van der Waals surface area (Å²) in [5.74, 6) is 0.258. The van der Waals surface area contributed by atoms with E-state index in [1.54, 1.807) is 12.1 Å². The van der Waals surface area contributed by atoms with Crippen LogP contribution in [0, 0.1) is 0 Å². The molecule has 1 heteroatoms. The van der Waals surface area contributed by atoms with E-state index in [2.05, 4.69) is 31.9 Å². The molecule has 0 spiro atoms. The zero-order valence-electron chi connectivity index (χ0n) is 13.5. The van der Waals surface area contributed by atoms with Crippen molar-refractivity contribution >= 4 is 16.7 Å². The Bertz CT molecular complexity index is 761. The number of rotatable bonds is 4. The van der Waals surface area contributed by atoms with E-state index < -0.39 is 0 Å². The molecule has 0 unspecified atom stereocenters. The average Bonchev–Trinajstić information content (AvgIpc) is 2.46. The van der Waals surface area contributed by atoms with Gasteiger partial charge in [0, 0.05) is 0 Å². The normalized spacial score (nSPS) is 10.3.